The van der Waals surface area contributed by atoms with Gasteiger partial charge in [0, 0.05) is 114 Å². The molecule has 14 aromatic rings. The second kappa shape index (κ2) is 34.6. The molecule has 0 atom stereocenters. The molecule has 6 aromatic carbocycles. The number of benzene rings is 6. The molecule has 0 aliphatic carbocycles. The molecule has 0 spiro atoms. The zero-order valence-electron chi connectivity index (χ0n) is 63.1. The highest BCUT2D eigenvalue weighted by Crippen LogP contribution is 2.34. The van der Waals surface area contributed by atoms with E-state index in [4.69, 9.17) is 0 Å². The number of aryl methyl sites for hydroxylation is 15. The van der Waals surface area contributed by atoms with Gasteiger partial charge >= 0.3 is 11.6 Å². The Morgan fingerprint density at radius 2 is 0.832 bits per heavy atom. The summed E-state index contributed by atoms with van der Waals surface area (Å²) in [5, 5.41) is 0. The molecule has 8 aromatic heterocycles. The smallest absolute Gasteiger partial charge is 0.330 e. The second-order valence-corrected chi connectivity index (χ2v) is 27.0. The molecule has 0 aliphatic heterocycles. The van der Waals surface area contributed by atoms with E-state index < -0.39 is 0 Å². The average molecular weight is 1340 g/mol. The maximum absolute atomic E-state index is 4.43. The molecule has 514 valence electrons. The van der Waals surface area contributed by atoms with Gasteiger partial charge in [0.05, 0.1) is 14.1 Å². The molecule has 8 heterocycles. The summed E-state index contributed by atoms with van der Waals surface area (Å²) in [5.41, 5.74) is 26.0. The van der Waals surface area contributed by atoms with Crippen LogP contribution in [0.4, 0.5) is 0 Å². The minimum absolute atomic E-state index is 0.479. The standard InChI is InChI=1S/C21H28N3.C14H15N4.3C14H16N.C13H14N/c1-15(2)17-9-7-10-18(16(3)4)20(17)24-14-13-23(6)21(24)19-11-8-12-22(19)5;1-16-9-8-15-13(16)14-17(2)10-11-18(14)12-6-4-3-5-7-12;1-11-7-4-5-9-13(11)14-12(2)8-6-10-15(14)3;1-11-8-9-15(3)14(10-11)13-7-5-4-6-12(13)2;1-11-8-9-14(15(3)10-11)13-7-5-4-6-12(13)2;1-11-7-3-4-8-12(11)13-9-5-6-10-14(13)2/h7-16H,1-6H3;3-11H,1-2H3;3*4-10H,1-3H3;3-10H,1-2H3/q6*+1. The van der Waals surface area contributed by atoms with Gasteiger partial charge in [-0.2, -0.15) is 9.13 Å². The van der Waals surface area contributed by atoms with Crippen LogP contribution >= 0.6 is 0 Å². The Morgan fingerprint density at radius 1 is 0.337 bits per heavy atom. The highest BCUT2D eigenvalue weighted by molar-refractivity contribution is 5.65. The maximum atomic E-state index is 4.43. The molecule has 0 saturated carbocycles. The fourth-order valence-corrected chi connectivity index (χ4v) is 12.9. The fourth-order valence-electron chi connectivity index (χ4n) is 12.9. The lowest BCUT2D eigenvalue weighted by Gasteiger charge is -2.17. The Kier molecular flexibility index (Phi) is 25.3. The summed E-state index contributed by atoms with van der Waals surface area (Å²) in [6, 6.07) is 74.4. The summed E-state index contributed by atoms with van der Waals surface area (Å²) in [6.45, 7) is 24.1. The quantitative estimate of drug-likeness (QED) is 0.126. The van der Waals surface area contributed by atoms with Gasteiger partial charge in [-0.05, 0) is 155 Å². The molecule has 0 unspecified atom stereocenters. The molecule has 14 rings (SSSR count). The molecule has 0 saturated heterocycles. The van der Waals surface area contributed by atoms with Crippen molar-refractivity contribution < 1.29 is 27.4 Å². The fraction of sp³-hybridized carbons (Fsp3) is 0.233. The summed E-state index contributed by atoms with van der Waals surface area (Å²) < 4.78 is 21.6. The van der Waals surface area contributed by atoms with Gasteiger partial charge in [-0.25, -0.2) is 32.4 Å². The van der Waals surface area contributed by atoms with Crippen molar-refractivity contribution in [2.45, 2.75) is 88.0 Å². The highest BCUT2D eigenvalue weighted by atomic mass is 15.2. The van der Waals surface area contributed by atoms with Crippen LogP contribution in [0, 0.1) is 48.5 Å². The Balaban J connectivity index is 0.000000143. The Hall–Kier alpha value is -11.2. The van der Waals surface area contributed by atoms with Crippen molar-refractivity contribution >= 4 is 0 Å². The minimum Gasteiger partial charge on any atom is -0.344 e. The number of pyridine rings is 4. The van der Waals surface area contributed by atoms with Crippen LogP contribution in [0.15, 0.2) is 280 Å². The van der Waals surface area contributed by atoms with E-state index in [1.807, 2.05) is 61.5 Å². The summed E-state index contributed by atoms with van der Waals surface area (Å²) in [4.78, 5) is 4.43. The summed E-state index contributed by atoms with van der Waals surface area (Å²) in [7, 11) is 16.6. The zero-order chi connectivity index (χ0) is 72.4. The van der Waals surface area contributed by atoms with Gasteiger partial charge in [0.2, 0.25) is 28.6 Å². The van der Waals surface area contributed by atoms with Crippen LogP contribution in [-0.2, 0) is 56.4 Å². The van der Waals surface area contributed by atoms with Crippen molar-refractivity contribution in [2.75, 3.05) is 0 Å². The lowest BCUT2D eigenvalue weighted by Crippen LogP contribution is -2.31. The Bertz CT molecular complexity index is 4940. The van der Waals surface area contributed by atoms with Crippen molar-refractivity contribution in [2.24, 2.45) is 56.4 Å². The predicted molar refractivity (Wildman–Crippen MR) is 414 cm³/mol. The first-order chi connectivity index (χ1) is 48.5. The molecular weight excluding hydrogens is 1240 g/mol. The van der Waals surface area contributed by atoms with Crippen LogP contribution in [0.2, 0.25) is 0 Å². The van der Waals surface area contributed by atoms with E-state index in [2.05, 4.69) is 402 Å². The van der Waals surface area contributed by atoms with Crippen molar-refractivity contribution in [3.8, 4) is 79.6 Å². The molecule has 0 aliphatic rings. The third kappa shape index (κ3) is 18.2. The van der Waals surface area contributed by atoms with E-state index in [0.29, 0.717) is 11.8 Å². The third-order valence-electron chi connectivity index (χ3n) is 18.5. The van der Waals surface area contributed by atoms with Crippen LogP contribution in [0.3, 0.4) is 0 Å². The van der Waals surface area contributed by atoms with Crippen LogP contribution in [0.5, 0.6) is 0 Å². The zero-order valence-corrected chi connectivity index (χ0v) is 63.1. The number of hydrogen-bond donors (Lipinski definition) is 0. The van der Waals surface area contributed by atoms with Gasteiger partial charge in [-0.3, -0.25) is 0 Å². The van der Waals surface area contributed by atoms with E-state index in [1.165, 1.54) is 112 Å². The molecule has 0 radical (unpaired) electrons. The van der Waals surface area contributed by atoms with Crippen molar-refractivity contribution in [3.63, 3.8) is 0 Å². The average Bonchev–Trinajstić information content (AvgIpc) is 1.67. The van der Waals surface area contributed by atoms with Crippen molar-refractivity contribution in [3.05, 3.63) is 331 Å². The van der Waals surface area contributed by atoms with E-state index in [0.717, 1.165) is 17.3 Å². The van der Waals surface area contributed by atoms with E-state index in [9.17, 15) is 0 Å². The molecule has 0 N–H and O–H groups in total. The number of rotatable bonds is 10. The van der Waals surface area contributed by atoms with E-state index >= 15 is 0 Å². The summed E-state index contributed by atoms with van der Waals surface area (Å²) >= 11 is 0. The number of imidazole rings is 3. The van der Waals surface area contributed by atoms with Gasteiger partial charge in [0.1, 0.15) is 70.0 Å². The molecular formula is C90H105N11+6. The molecule has 0 fully saturated rings. The van der Waals surface area contributed by atoms with Gasteiger partial charge in [0.15, 0.2) is 24.8 Å². The SMILES string of the molecule is CC(C)c1cccc(C(C)C)c1-n1cc[n+](C)c1-c1cccn1C.Cc1cc[n+](C)c(-c2ccccc2C)c1.Cc1ccc(-c2ccccc2C)[n+](C)c1.Cc1ccccc1-c1c(C)ccc[n+]1C.Cc1ccccc1-c1cccc[n+]1C.Cn1ccnc1-c1n(-c2ccccc2)cc[n+]1C. The first kappa shape index (κ1) is 74.1. The first-order valence-electron chi connectivity index (χ1n) is 35.0. The highest BCUT2D eigenvalue weighted by Gasteiger charge is 2.28. The van der Waals surface area contributed by atoms with E-state index in [1.54, 1.807) is 0 Å². The lowest BCUT2D eigenvalue weighted by molar-refractivity contribution is -0.660. The van der Waals surface area contributed by atoms with Crippen LogP contribution in [0.1, 0.15) is 89.6 Å². The van der Waals surface area contributed by atoms with Crippen molar-refractivity contribution in [1.29, 1.82) is 0 Å². The molecule has 0 amide bonds. The van der Waals surface area contributed by atoms with Gasteiger partial charge in [0.25, 0.3) is 0 Å². The Labute approximate surface area is 601 Å². The first-order valence-corrected chi connectivity index (χ1v) is 35.0. The maximum Gasteiger partial charge on any atom is 0.330 e. The van der Waals surface area contributed by atoms with Crippen molar-refractivity contribution in [1.82, 2.24) is 23.3 Å². The largest absolute Gasteiger partial charge is 0.344 e. The van der Waals surface area contributed by atoms with E-state index in [-0.39, 0.29) is 0 Å². The minimum atomic E-state index is 0.479. The normalized spacial score (nSPS) is 10.7. The van der Waals surface area contributed by atoms with Crippen LogP contribution in [0.25, 0.3) is 79.6 Å². The lowest BCUT2D eigenvalue weighted by atomic mass is 9.92. The topological polar surface area (TPSA) is 55.9 Å². The number of nitrogens with zero attached hydrogens (tertiary/aromatic N) is 11. The van der Waals surface area contributed by atoms with Gasteiger partial charge in [-0.15, -0.1) is 0 Å². The number of aromatic nitrogens is 11. The summed E-state index contributed by atoms with van der Waals surface area (Å²) in [5.74, 6) is 4.18. The molecule has 11 heteroatoms. The van der Waals surface area contributed by atoms with Crippen LogP contribution < -0.4 is 27.4 Å². The Morgan fingerprint density at radius 3 is 1.35 bits per heavy atom. The number of para-hydroxylation sites is 2. The molecule has 11 nitrogen and oxygen atoms in total. The molecule has 101 heavy (non-hydrogen) atoms. The third-order valence-corrected chi connectivity index (χ3v) is 18.5. The van der Waals surface area contributed by atoms with Crippen LogP contribution in [-0.4, -0.2) is 23.3 Å². The number of hydrogen-bond acceptors (Lipinski definition) is 1. The monoisotopic (exact) mass is 1340 g/mol. The molecule has 0 bridgehead atoms. The predicted octanol–water partition coefficient (Wildman–Crippen LogP) is 17.1. The van der Waals surface area contributed by atoms with Gasteiger partial charge in [-0.1, -0.05) is 137 Å². The van der Waals surface area contributed by atoms with Gasteiger partial charge < -0.3 is 9.13 Å². The second-order valence-electron chi connectivity index (χ2n) is 27.0. The summed E-state index contributed by atoms with van der Waals surface area (Å²) in [6.07, 6.45) is 22.7.